The molecule has 0 amide bonds. The highest BCUT2D eigenvalue weighted by atomic mass is 28.3. The number of benzene rings is 2. The lowest BCUT2D eigenvalue weighted by Gasteiger charge is -2.26. The van der Waals surface area contributed by atoms with Crippen LogP contribution in [0.3, 0.4) is 0 Å². The Morgan fingerprint density at radius 1 is 1.02 bits per heavy atom. The van der Waals surface area contributed by atoms with Gasteiger partial charge in [-0.3, -0.25) is 0 Å². The van der Waals surface area contributed by atoms with E-state index in [9.17, 15) is 9.59 Å². The number of methoxy groups -OCH3 is 1. The van der Waals surface area contributed by atoms with E-state index in [1.54, 1.807) is 36.4 Å². The molecule has 9 nitrogen and oxygen atoms in total. The van der Waals surface area contributed by atoms with Crippen molar-refractivity contribution in [2.45, 2.75) is 90.0 Å². The van der Waals surface area contributed by atoms with Crippen LogP contribution >= 0.6 is 0 Å². The minimum atomic E-state index is -1.33. The van der Waals surface area contributed by atoms with E-state index < -0.39 is 50.2 Å². The van der Waals surface area contributed by atoms with Crippen LogP contribution in [0.5, 0.6) is 11.5 Å². The first-order valence-corrected chi connectivity index (χ1v) is 19.6. The van der Waals surface area contributed by atoms with Gasteiger partial charge in [-0.15, -0.1) is 0 Å². The molecule has 4 rings (SSSR count). The van der Waals surface area contributed by atoms with Crippen molar-refractivity contribution in [3.05, 3.63) is 77.4 Å². The number of hydrogen-bond acceptors (Lipinski definition) is 9. The normalized spacial score (nSPS) is 25.4. The maximum Gasteiger partial charge on any atom is 0.342 e. The van der Waals surface area contributed by atoms with Crippen molar-refractivity contribution < 1.29 is 42.7 Å². The molecule has 1 saturated heterocycles. The van der Waals surface area contributed by atoms with Crippen molar-refractivity contribution in [1.29, 1.82) is 0 Å². The Balaban J connectivity index is 1.73. The molecule has 0 bridgehead atoms. The van der Waals surface area contributed by atoms with Crippen LogP contribution in [0.2, 0.25) is 25.7 Å². The van der Waals surface area contributed by atoms with E-state index in [-0.39, 0.29) is 18.3 Å². The summed E-state index contributed by atoms with van der Waals surface area (Å²) in [5.41, 5.74) is 1.29. The van der Waals surface area contributed by atoms with E-state index in [2.05, 4.69) is 19.6 Å². The van der Waals surface area contributed by atoms with Gasteiger partial charge in [0.05, 0.1) is 18.3 Å². The van der Waals surface area contributed by atoms with E-state index in [1.807, 2.05) is 58.1 Å². The van der Waals surface area contributed by atoms with Crippen LogP contribution in [0.4, 0.5) is 0 Å². The van der Waals surface area contributed by atoms with Crippen LogP contribution in [0.1, 0.15) is 60.4 Å². The van der Waals surface area contributed by atoms with Crippen molar-refractivity contribution in [3.8, 4) is 11.5 Å². The minimum Gasteiger partial charge on any atom is -0.494 e. The molecule has 2 aliphatic heterocycles. The van der Waals surface area contributed by atoms with Crippen LogP contribution in [-0.2, 0) is 23.7 Å². The Kier molecular flexibility index (Phi) is 11.9. The topological polar surface area (TPSA) is 98.8 Å². The second-order valence-corrected chi connectivity index (χ2v) is 19.1. The van der Waals surface area contributed by atoms with E-state index in [4.69, 9.17) is 33.2 Å². The van der Waals surface area contributed by atoms with Gasteiger partial charge in [0, 0.05) is 27.2 Å². The molecule has 0 aromatic heterocycles. The number of ether oxygens (including phenoxy) is 7. The first-order chi connectivity index (χ1) is 21.8. The lowest BCUT2D eigenvalue weighted by Crippen LogP contribution is -2.37. The van der Waals surface area contributed by atoms with Crippen LogP contribution in [0, 0.1) is 5.92 Å². The molecule has 250 valence electrons. The number of carbonyl (C=O) groups excluding carboxylic acids is 2. The molecule has 10 heteroatoms. The molecule has 2 aromatic rings. The largest absolute Gasteiger partial charge is 0.494 e. The van der Waals surface area contributed by atoms with Gasteiger partial charge in [0.1, 0.15) is 35.4 Å². The van der Waals surface area contributed by atoms with Crippen LogP contribution in [-0.4, -0.2) is 70.7 Å². The van der Waals surface area contributed by atoms with Gasteiger partial charge in [0.25, 0.3) is 0 Å². The fraction of sp³-hybridized carbons (Fsp3) is 0.500. The SMILES string of the molecule is COCOc1cc(OCC[Si](C)(C)C)cc2c1C(=O)O[C@@H](C)[C@H](C)/C=C\C(OC(=O)c1ccccc1)C1OC(C)(C)OC1CC=C2. The number of carbonyl (C=O) groups is 2. The average Bonchev–Trinajstić information content (AvgIpc) is 3.30. The highest BCUT2D eigenvalue weighted by Crippen LogP contribution is 2.36. The smallest absolute Gasteiger partial charge is 0.342 e. The number of cyclic esters (lactones) is 1. The molecule has 0 N–H and O–H groups in total. The summed E-state index contributed by atoms with van der Waals surface area (Å²) >= 11 is 0. The maximum absolute atomic E-state index is 13.8. The van der Waals surface area contributed by atoms with Gasteiger partial charge in [0.2, 0.25) is 0 Å². The molecular formula is C36H48O9Si. The Bertz CT molecular complexity index is 1400. The summed E-state index contributed by atoms with van der Waals surface area (Å²) in [4.78, 5) is 26.9. The Hall–Kier alpha value is -3.44. The molecule has 5 atom stereocenters. The first kappa shape index (κ1) is 35.4. The third kappa shape index (κ3) is 9.78. The summed E-state index contributed by atoms with van der Waals surface area (Å²) in [5.74, 6) is -1.24. The molecule has 3 unspecified atom stereocenters. The third-order valence-corrected chi connectivity index (χ3v) is 9.57. The summed E-state index contributed by atoms with van der Waals surface area (Å²) < 4.78 is 41.9. The molecule has 2 heterocycles. The summed E-state index contributed by atoms with van der Waals surface area (Å²) in [6.07, 6.45) is 5.54. The molecule has 1 fully saturated rings. The molecule has 2 aromatic carbocycles. The molecule has 0 aliphatic carbocycles. The van der Waals surface area contributed by atoms with Gasteiger partial charge in [-0.25, -0.2) is 9.59 Å². The zero-order valence-corrected chi connectivity index (χ0v) is 29.2. The Morgan fingerprint density at radius 3 is 2.46 bits per heavy atom. The van der Waals surface area contributed by atoms with Crippen LogP contribution in [0.15, 0.2) is 60.7 Å². The van der Waals surface area contributed by atoms with Gasteiger partial charge in [-0.2, -0.15) is 0 Å². The van der Waals surface area contributed by atoms with Crippen molar-refractivity contribution in [2.24, 2.45) is 5.92 Å². The molecular weight excluding hydrogens is 604 g/mol. The van der Waals surface area contributed by atoms with E-state index in [0.717, 1.165) is 6.04 Å². The predicted octanol–water partition coefficient (Wildman–Crippen LogP) is 7.29. The minimum absolute atomic E-state index is 0.0520. The van der Waals surface area contributed by atoms with Gasteiger partial charge < -0.3 is 33.2 Å². The fourth-order valence-corrected chi connectivity index (χ4v) is 5.88. The van der Waals surface area contributed by atoms with Gasteiger partial charge in [-0.1, -0.05) is 63.0 Å². The zero-order valence-electron chi connectivity index (χ0n) is 28.2. The number of esters is 2. The highest BCUT2D eigenvalue weighted by Gasteiger charge is 2.45. The summed E-state index contributed by atoms with van der Waals surface area (Å²) in [6, 6.07) is 13.4. The standard InChI is InChI=1S/C36H48O9Si/c1-24-17-18-29(43-34(37)26-13-10-9-11-14-26)33-30(44-36(3,4)45-33)16-12-15-27-21-28(40-19-20-46(6,7)8)22-31(41-23-39-5)32(27)35(38)42-25(24)2/h9-15,17-18,21-22,24-25,29-30,33H,16,19-20,23H2,1-8H3/b15-12?,18-17-/t24-,25+,29?,30?,33?/m1/s1. The van der Waals surface area contributed by atoms with E-state index in [0.29, 0.717) is 35.7 Å². The molecule has 0 spiro atoms. The fourth-order valence-electron chi connectivity index (χ4n) is 5.17. The summed E-state index contributed by atoms with van der Waals surface area (Å²) in [5, 5.41) is 0. The first-order valence-electron chi connectivity index (χ1n) is 15.9. The Labute approximate surface area is 273 Å². The van der Waals surface area contributed by atoms with Crippen molar-refractivity contribution in [2.75, 3.05) is 20.5 Å². The average molecular weight is 653 g/mol. The lowest BCUT2D eigenvalue weighted by atomic mass is 9.98. The van der Waals surface area contributed by atoms with Crippen molar-refractivity contribution in [3.63, 3.8) is 0 Å². The second kappa shape index (κ2) is 15.4. The molecule has 46 heavy (non-hydrogen) atoms. The third-order valence-electron chi connectivity index (χ3n) is 7.86. The second-order valence-electron chi connectivity index (χ2n) is 13.5. The van der Waals surface area contributed by atoms with Crippen molar-refractivity contribution in [1.82, 2.24) is 0 Å². The maximum atomic E-state index is 13.8. The van der Waals surface area contributed by atoms with Crippen molar-refractivity contribution >= 4 is 26.1 Å². The molecule has 0 radical (unpaired) electrons. The summed E-state index contributed by atoms with van der Waals surface area (Å²) in [7, 11) is 0.189. The lowest BCUT2D eigenvalue weighted by molar-refractivity contribution is -0.152. The van der Waals surface area contributed by atoms with Crippen LogP contribution in [0.25, 0.3) is 6.08 Å². The monoisotopic (exact) mass is 652 g/mol. The Morgan fingerprint density at radius 2 is 1.76 bits per heavy atom. The van der Waals surface area contributed by atoms with Gasteiger partial charge >= 0.3 is 11.9 Å². The van der Waals surface area contributed by atoms with E-state index in [1.165, 1.54) is 7.11 Å². The summed E-state index contributed by atoms with van der Waals surface area (Å²) in [6.45, 7) is 14.8. The molecule has 2 aliphatic rings. The van der Waals surface area contributed by atoms with Crippen LogP contribution < -0.4 is 9.47 Å². The number of fused-ring (bicyclic) bond motifs is 2. The number of hydrogen-bond donors (Lipinski definition) is 0. The quantitative estimate of drug-likeness (QED) is 0.120. The zero-order chi connectivity index (χ0) is 33.5. The highest BCUT2D eigenvalue weighted by molar-refractivity contribution is 6.76. The predicted molar refractivity (Wildman–Crippen MR) is 179 cm³/mol. The number of rotatable bonds is 9. The molecule has 0 saturated carbocycles. The van der Waals surface area contributed by atoms with Gasteiger partial charge in [-0.05, 0) is 63.1 Å². The van der Waals surface area contributed by atoms with E-state index >= 15 is 0 Å². The van der Waals surface area contributed by atoms with Gasteiger partial charge in [0.15, 0.2) is 12.6 Å².